The molecule has 0 unspecified atom stereocenters. The average molecular weight is 277 g/mol. The molecule has 3 heteroatoms. The molecule has 2 aliphatic heterocycles. The van der Waals surface area contributed by atoms with E-state index in [1.807, 2.05) is 5.92 Å². The van der Waals surface area contributed by atoms with Crippen LogP contribution in [-0.4, -0.2) is 37.2 Å². The molecule has 0 aromatic rings. The summed E-state index contributed by atoms with van der Waals surface area (Å²) in [6.45, 7) is 5.63. The van der Waals surface area contributed by atoms with Crippen molar-refractivity contribution in [2.24, 2.45) is 11.3 Å². The van der Waals surface area contributed by atoms with Crippen LogP contribution in [0.3, 0.4) is 0 Å². The normalized spacial score (nSPS) is 33.6. The molecule has 112 valence electrons. The minimum absolute atomic E-state index is 0.482. The lowest BCUT2D eigenvalue weighted by molar-refractivity contribution is -0.0914. The molecule has 5 aliphatic rings. The van der Waals surface area contributed by atoms with Crippen molar-refractivity contribution in [2.45, 2.75) is 57.4 Å². The van der Waals surface area contributed by atoms with E-state index in [4.69, 9.17) is 9.47 Å². The van der Waals surface area contributed by atoms with Gasteiger partial charge in [-0.1, -0.05) is 0 Å². The summed E-state index contributed by atoms with van der Waals surface area (Å²) < 4.78 is 10.7. The van der Waals surface area contributed by atoms with Crippen molar-refractivity contribution in [3.63, 3.8) is 0 Å². The molecule has 2 saturated heterocycles. The van der Waals surface area contributed by atoms with Gasteiger partial charge in [-0.3, -0.25) is 4.90 Å². The Bertz CT molecular complexity index is 310. The lowest BCUT2D eigenvalue weighted by Crippen LogP contribution is -2.50. The number of rotatable bonds is 2. The van der Waals surface area contributed by atoms with Crippen molar-refractivity contribution in [2.75, 3.05) is 26.3 Å². The van der Waals surface area contributed by atoms with Crippen LogP contribution in [-0.2, 0) is 9.47 Å². The van der Waals surface area contributed by atoms with Crippen LogP contribution >= 0.6 is 0 Å². The fourth-order valence-corrected chi connectivity index (χ4v) is 5.12. The van der Waals surface area contributed by atoms with E-state index in [9.17, 15) is 0 Å². The second kappa shape index (κ2) is 5.58. The number of hydrogen-bond acceptors (Lipinski definition) is 3. The molecule has 3 saturated carbocycles. The molecule has 2 heterocycles. The van der Waals surface area contributed by atoms with E-state index in [-0.39, 0.29) is 0 Å². The maximum absolute atomic E-state index is 5.33. The molecule has 2 bridgehead atoms. The summed E-state index contributed by atoms with van der Waals surface area (Å²) in [5.41, 5.74) is 0.723. The van der Waals surface area contributed by atoms with Gasteiger partial charge in [0.05, 0.1) is 19.3 Å². The summed E-state index contributed by atoms with van der Waals surface area (Å²) >= 11 is 0. The largest absolute Gasteiger partial charge is 0.346 e. The van der Waals surface area contributed by atoms with Gasteiger partial charge in [0.15, 0.2) is 0 Å². The summed E-state index contributed by atoms with van der Waals surface area (Å²) in [6, 6.07) is 0.482. The number of nitrogens with zero attached hydrogens (tertiary/aromatic N) is 1. The summed E-state index contributed by atoms with van der Waals surface area (Å²) in [5.74, 6) is 2.86. The van der Waals surface area contributed by atoms with Crippen molar-refractivity contribution in [3.8, 4) is 0 Å². The van der Waals surface area contributed by atoms with Crippen LogP contribution in [0.4, 0.5) is 0 Å². The van der Waals surface area contributed by atoms with E-state index in [1.54, 1.807) is 0 Å². The standard InChI is InChI=1S/C17H27NO2/c1-6-17(7-2-14(1)3-8-17)15-4-9-18(10-5-15)16-11-19-13-20-12-16/h13,15-16H,1-12H2. The zero-order valence-corrected chi connectivity index (χ0v) is 12.5. The predicted molar refractivity (Wildman–Crippen MR) is 77.7 cm³/mol. The third kappa shape index (κ3) is 2.42. The van der Waals surface area contributed by atoms with Crippen molar-refractivity contribution in [1.82, 2.24) is 4.90 Å². The van der Waals surface area contributed by atoms with Crippen molar-refractivity contribution in [3.05, 3.63) is 12.7 Å². The SMILES string of the molecule is [CH]1OCC(N2CCC(C34CC[C](CC3)CC4)CC2)CO1. The lowest BCUT2D eigenvalue weighted by atomic mass is 9.54. The third-order valence-corrected chi connectivity index (χ3v) is 6.55. The average Bonchev–Trinajstić information content (AvgIpc) is 2.58. The molecule has 3 aliphatic carbocycles. The number of ether oxygens (including phenoxy) is 2. The van der Waals surface area contributed by atoms with E-state index in [0.29, 0.717) is 6.04 Å². The molecule has 0 atom stereocenters. The maximum atomic E-state index is 5.33. The summed E-state index contributed by atoms with van der Waals surface area (Å²) in [6.07, 6.45) is 11.6. The van der Waals surface area contributed by atoms with Crippen LogP contribution < -0.4 is 0 Å². The Morgan fingerprint density at radius 2 is 1.55 bits per heavy atom. The second-order valence-corrected chi connectivity index (χ2v) is 7.34. The zero-order valence-electron chi connectivity index (χ0n) is 12.5. The lowest BCUT2D eigenvalue weighted by Gasteiger charge is -2.53. The highest BCUT2D eigenvalue weighted by Crippen LogP contribution is 2.57. The van der Waals surface area contributed by atoms with Crippen molar-refractivity contribution >= 4 is 0 Å². The van der Waals surface area contributed by atoms with Gasteiger partial charge < -0.3 is 9.47 Å². The first-order valence-electron chi connectivity index (χ1n) is 8.48. The van der Waals surface area contributed by atoms with Gasteiger partial charge in [0.1, 0.15) is 0 Å². The summed E-state index contributed by atoms with van der Waals surface area (Å²) in [4.78, 5) is 2.60. The third-order valence-electron chi connectivity index (χ3n) is 6.55. The van der Waals surface area contributed by atoms with Gasteiger partial charge >= 0.3 is 0 Å². The first-order chi connectivity index (χ1) is 9.86. The highest BCUT2D eigenvalue weighted by molar-refractivity contribution is 5.08. The molecule has 3 nitrogen and oxygen atoms in total. The van der Waals surface area contributed by atoms with Gasteiger partial charge in [0.2, 0.25) is 6.79 Å². The van der Waals surface area contributed by atoms with Gasteiger partial charge in [-0.15, -0.1) is 0 Å². The van der Waals surface area contributed by atoms with Crippen LogP contribution in [0.15, 0.2) is 0 Å². The first-order valence-corrected chi connectivity index (χ1v) is 8.48. The number of hydrogen-bond donors (Lipinski definition) is 0. The van der Waals surface area contributed by atoms with Crippen LogP contribution in [0.2, 0.25) is 0 Å². The highest BCUT2D eigenvalue weighted by Gasteiger charge is 2.46. The Hall–Kier alpha value is -0.120. The Kier molecular flexibility index (Phi) is 3.78. The van der Waals surface area contributed by atoms with E-state index in [2.05, 4.69) is 4.90 Å². The van der Waals surface area contributed by atoms with Crippen LogP contribution in [0, 0.1) is 24.0 Å². The monoisotopic (exact) mass is 277 g/mol. The zero-order chi connectivity index (χ0) is 13.4. The van der Waals surface area contributed by atoms with E-state index in [0.717, 1.165) is 24.5 Å². The summed E-state index contributed by atoms with van der Waals surface area (Å²) in [7, 11) is 0. The number of piperidine rings is 1. The van der Waals surface area contributed by atoms with E-state index >= 15 is 0 Å². The van der Waals surface area contributed by atoms with Gasteiger partial charge in [-0.25, -0.2) is 0 Å². The van der Waals surface area contributed by atoms with Crippen LogP contribution in [0.5, 0.6) is 0 Å². The van der Waals surface area contributed by atoms with Gasteiger partial charge in [-0.05, 0) is 81.7 Å². The predicted octanol–water partition coefficient (Wildman–Crippen LogP) is 3.16. The topological polar surface area (TPSA) is 21.7 Å². The molecule has 0 aromatic carbocycles. The van der Waals surface area contributed by atoms with Crippen LogP contribution in [0.25, 0.3) is 0 Å². The molecule has 0 aromatic heterocycles. The van der Waals surface area contributed by atoms with E-state index in [1.165, 1.54) is 71.2 Å². The van der Waals surface area contributed by atoms with Crippen molar-refractivity contribution in [1.29, 1.82) is 0 Å². The van der Waals surface area contributed by atoms with Gasteiger partial charge in [-0.2, -0.15) is 0 Å². The molecule has 5 rings (SSSR count). The molecule has 5 fully saturated rings. The molecule has 2 radical (unpaired) electrons. The van der Waals surface area contributed by atoms with Crippen molar-refractivity contribution < 1.29 is 9.47 Å². The summed E-state index contributed by atoms with van der Waals surface area (Å²) in [5, 5.41) is 0. The quantitative estimate of drug-likeness (QED) is 0.774. The number of likely N-dealkylation sites (tertiary alicyclic amines) is 1. The van der Waals surface area contributed by atoms with E-state index < -0.39 is 0 Å². The minimum Gasteiger partial charge on any atom is -0.346 e. The van der Waals surface area contributed by atoms with Gasteiger partial charge in [0, 0.05) is 0 Å². The fraction of sp³-hybridized carbons (Fsp3) is 0.882. The van der Waals surface area contributed by atoms with Gasteiger partial charge in [0.25, 0.3) is 0 Å². The molecule has 20 heavy (non-hydrogen) atoms. The molecule has 0 amide bonds. The Labute approximate surface area is 123 Å². The minimum atomic E-state index is 0.482. The Balaban J connectivity index is 1.34. The van der Waals surface area contributed by atoms with Crippen LogP contribution in [0.1, 0.15) is 51.4 Å². The highest BCUT2D eigenvalue weighted by atomic mass is 16.7. The molecule has 0 spiro atoms. The molecular formula is C17H27NO2. The maximum Gasteiger partial charge on any atom is 0.209 e. The second-order valence-electron chi connectivity index (χ2n) is 7.34. The fourth-order valence-electron chi connectivity index (χ4n) is 5.12. The molecule has 0 N–H and O–H groups in total. The Morgan fingerprint density at radius 3 is 2.15 bits per heavy atom. The smallest absolute Gasteiger partial charge is 0.209 e. The number of fused-ring (bicyclic) bond motifs is 3. The Morgan fingerprint density at radius 1 is 0.950 bits per heavy atom. The first kappa shape index (κ1) is 13.5. The molecular weight excluding hydrogens is 250 g/mol.